The zero-order valence-electron chi connectivity index (χ0n) is 14.3. The fourth-order valence-corrected chi connectivity index (χ4v) is 3.97. The summed E-state index contributed by atoms with van der Waals surface area (Å²) in [6.45, 7) is 7.24. The molecular weight excluding hydrogens is 287 g/mol. The summed E-state index contributed by atoms with van der Waals surface area (Å²) < 4.78 is 0. The highest BCUT2D eigenvalue weighted by atomic mass is 31.1. The van der Waals surface area contributed by atoms with Crippen LogP contribution in [0.25, 0.3) is 5.31 Å². The van der Waals surface area contributed by atoms with Crippen molar-refractivity contribution in [1.29, 1.82) is 0 Å². The van der Waals surface area contributed by atoms with Crippen molar-refractivity contribution in [3.63, 3.8) is 0 Å². The zero-order chi connectivity index (χ0) is 15.9. The molecule has 0 bridgehead atoms. The number of allylic oxidation sites excluding steroid dienone is 1. The van der Waals surface area contributed by atoms with Gasteiger partial charge in [0.05, 0.1) is 0 Å². The maximum absolute atomic E-state index is 9.10. The second kappa shape index (κ2) is 8.85. The fourth-order valence-electron chi connectivity index (χ4n) is 3.19. The summed E-state index contributed by atoms with van der Waals surface area (Å²) in [7, 11) is 0.861. The van der Waals surface area contributed by atoms with Crippen molar-refractivity contribution < 1.29 is 5.11 Å². The molecule has 1 aromatic carbocycles. The van der Waals surface area contributed by atoms with Gasteiger partial charge >= 0.3 is 0 Å². The summed E-state index contributed by atoms with van der Waals surface area (Å²) in [6.07, 6.45) is 8.48. The third-order valence-electron chi connectivity index (χ3n) is 5.07. The van der Waals surface area contributed by atoms with E-state index < -0.39 is 0 Å². The Balaban J connectivity index is 1.92. The summed E-state index contributed by atoms with van der Waals surface area (Å²) in [6, 6.07) is 9.21. The Morgan fingerprint density at radius 3 is 2.50 bits per heavy atom. The van der Waals surface area contributed by atoms with E-state index in [2.05, 4.69) is 50.9 Å². The van der Waals surface area contributed by atoms with Crippen molar-refractivity contribution >= 4 is 13.9 Å². The molecule has 1 aromatic rings. The number of hydrogen-bond donors (Lipinski definition) is 1. The summed E-state index contributed by atoms with van der Waals surface area (Å²) in [4.78, 5) is 0. The standard InChI is InChI=1S/C20H31OP/c1-4-15(2)5-10-20(22-3)19-8-6-16(7-9-19)11-17-12-18(13-17)14-21/h6-10,15,17-18,21-22H,4-5,11-14H2,1-3H3/b20-10-. The molecule has 2 atom stereocenters. The number of aliphatic hydroxyl groups excluding tert-OH is 1. The topological polar surface area (TPSA) is 20.2 Å². The van der Waals surface area contributed by atoms with Crippen LogP contribution in [0.4, 0.5) is 0 Å². The van der Waals surface area contributed by atoms with Crippen LogP contribution in [0.1, 0.15) is 50.7 Å². The predicted octanol–water partition coefficient (Wildman–Crippen LogP) is 5.33. The zero-order valence-corrected chi connectivity index (χ0v) is 15.3. The van der Waals surface area contributed by atoms with Crippen LogP contribution in [0.15, 0.2) is 30.3 Å². The number of aliphatic hydroxyl groups is 1. The molecule has 2 heteroatoms. The second-order valence-corrected chi connectivity index (χ2v) is 7.94. The molecule has 22 heavy (non-hydrogen) atoms. The van der Waals surface area contributed by atoms with Crippen LogP contribution in [0.5, 0.6) is 0 Å². The Morgan fingerprint density at radius 1 is 1.27 bits per heavy atom. The SMILES string of the molecule is CCC(C)C/C=C(\PC)c1ccc(CC2CC(CO)C2)cc1. The van der Waals surface area contributed by atoms with E-state index in [9.17, 15) is 0 Å². The van der Waals surface area contributed by atoms with E-state index in [1.807, 2.05) is 0 Å². The smallest absolute Gasteiger partial charge is 0.0459 e. The third kappa shape index (κ3) is 4.93. The first-order chi connectivity index (χ1) is 10.7. The van der Waals surface area contributed by atoms with E-state index in [4.69, 9.17) is 5.11 Å². The lowest BCUT2D eigenvalue weighted by Crippen LogP contribution is -2.27. The lowest BCUT2D eigenvalue weighted by atomic mass is 9.72. The normalized spacial score (nSPS) is 23.7. The van der Waals surface area contributed by atoms with E-state index in [-0.39, 0.29) is 0 Å². The van der Waals surface area contributed by atoms with Gasteiger partial charge in [0.1, 0.15) is 0 Å². The van der Waals surface area contributed by atoms with Gasteiger partial charge in [-0.25, -0.2) is 0 Å². The summed E-state index contributed by atoms with van der Waals surface area (Å²) in [5.74, 6) is 2.14. The maximum Gasteiger partial charge on any atom is 0.0459 e. The molecule has 0 aliphatic heterocycles. The summed E-state index contributed by atoms with van der Waals surface area (Å²) >= 11 is 0. The molecule has 0 amide bonds. The average molecular weight is 318 g/mol. The Bertz CT molecular complexity index is 471. The van der Waals surface area contributed by atoms with Crippen LogP contribution >= 0.6 is 8.58 Å². The highest BCUT2D eigenvalue weighted by Crippen LogP contribution is 2.36. The molecule has 1 aliphatic carbocycles. The van der Waals surface area contributed by atoms with Crippen LogP contribution in [-0.4, -0.2) is 18.4 Å². The van der Waals surface area contributed by atoms with E-state index in [1.54, 1.807) is 0 Å². The Hall–Kier alpha value is -0.650. The van der Waals surface area contributed by atoms with Gasteiger partial charge in [-0.05, 0) is 66.5 Å². The van der Waals surface area contributed by atoms with Crippen molar-refractivity contribution in [3.8, 4) is 0 Å². The van der Waals surface area contributed by atoms with Gasteiger partial charge in [0.15, 0.2) is 0 Å². The maximum atomic E-state index is 9.10. The van der Waals surface area contributed by atoms with Crippen molar-refractivity contribution in [2.45, 2.75) is 46.0 Å². The molecule has 0 aromatic heterocycles. The molecule has 0 radical (unpaired) electrons. The Morgan fingerprint density at radius 2 is 1.95 bits per heavy atom. The van der Waals surface area contributed by atoms with E-state index in [1.165, 1.54) is 48.5 Å². The van der Waals surface area contributed by atoms with Gasteiger partial charge in [-0.15, -0.1) is 0 Å². The lowest BCUT2D eigenvalue weighted by Gasteiger charge is -2.34. The molecule has 0 spiro atoms. The monoisotopic (exact) mass is 318 g/mol. The molecule has 1 N–H and O–H groups in total. The lowest BCUT2D eigenvalue weighted by molar-refractivity contribution is 0.107. The average Bonchev–Trinajstić information content (AvgIpc) is 2.52. The van der Waals surface area contributed by atoms with Crippen molar-refractivity contribution in [1.82, 2.24) is 0 Å². The van der Waals surface area contributed by atoms with Gasteiger partial charge in [-0.3, -0.25) is 0 Å². The molecule has 1 fully saturated rings. The first-order valence-electron chi connectivity index (χ1n) is 8.74. The van der Waals surface area contributed by atoms with Crippen molar-refractivity contribution in [3.05, 3.63) is 41.5 Å². The molecule has 2 rings (SSSR count). The minimum absolute atomic E-state index is 0.372. The minimum atomic E-state index is 0.372. The van der Waals surface area contributed by atoms with Crippen LogP contribution in [-0.2, 0) is 6.42 Å². The molecule has 1 aliphatic rings. The molecule has 2 unspecified atom stereocenters. The molecule has 0 heterocycles. The highest BCUT2D eigenvalue weighted by molar-refractivity contribution is 7.49. The minimum Gasteiger partial charge on any atom is -0.396 e. The first kappa shape index (κ1) is 17.7. The van der Waals surface area contributed by atoms with E-state index in [0.29, 0.717) is 12.5 Å². The fraction of sp³-hybridized carbons (Fsp3) is 0.600. The van der Waals surface area contributed by atoms with Gasteiger partial charge < -0.3 is 5.11 Å². The van der Waals surface area contributed by atoms with Crippen molar-refractivity contribution in [2.75, 3.05) is 13.3 Å². The molecular formula is C20H31OP. The number of rotatable bonds is 8. The van der Waals surface area contributed by atoms with Gasteiger partial charge in [0.2, 0.25) is 0 Å². The first-order valence-corrected chi connectivity index (χ1v) is 10.2. The number of hydrogen-bond acceptors (Lipinski definition) is 1. The third-order valence-corrected chi connectivity index (χ3v) is 6.10. The van der Waals surface area contributed by atoms with Gasteiger partial charge in [-0.2, -0.15) is 0 Å². The van der Waals surface area contributed by atoms with E-state index in [0.717, 1.165) is 20.4 Å². The van der Waals surface area contributed by atoms with Gasteiger partial charge in [0, 0.05) is 6.61 Å². The Labute approximate surface area is 138 Å². The predicted molar refractivity (Wildman–Crippen MR) is 99.7 cm³/mol. The van der Waals surface area contributed by atoms with E-state index >= 15 is 0 Å². The number of benzene rings is 1. The Kier molecular flexibility index (Phi) is 7.12. The molecule has 122 valence electrons. The summed E-state index contributed by atoms with van der Waals surface area (Å²) in [5, 5.41) is 10.6. The highest BCUT2D eigenvalue weighted by Gasteiger charge is 2.28. The molecule has 1 nitrogen and oxygen atoms in total. The van der Waals surface area contributed by atoms with Crippen LogP contribution in [0.3, 0.4) is 0 Å². The quantitative estimate of drug-likeness (QED) is 0.642. The van der Waals surface area contributed by atoms with Gasteiger partial charge in [0.25, 0.3) is 0 Å². The van der Waals surface area contributed by atoms with Crippen LogP contribution in [0, 0.1) is 17.8 Å². The second-order valence-electron chi connectivity index (χ2n) is 6.90. The van der Waals surface area contributed by atoms with Gasteiger partial charge in [-0.1, -0.05) is 59.2 Å². The van der Waals surface area contributed by atoms with Crippen LogP contribution < -0.4 is 0 Å². The molecule has 1 saturated carbocycles. The molecule has 0 saturated heterocycles. The van der Waals surface area contributed by atoms with Crippen LogP contribution in [0.2, 0.25) is 0 Å². The summed E-state index contributed by atoms with van der Waals surface area (Å²) in [5.41, 5.74) is 2.85. The largest absolute Gasteiger partial charge is 0.396 e. The van der Waals surface area contributed by atoms with Crippen molar-refractivity contribution in [2.24, 2.45) is 17.8 Å².